The molecule has 1 fully saturated rings. The average Bonchev–Trinajstić information content (AvgIpc) is 3.05. The first-order valence-corrected chi connectivity index (χ1v) is 7.10. The quantitative estimate of drug-likeness (QED) is 0.473. The maximum atomic E-state index is 11.3. The molecule has 98 valence electrons. The van der Waals surface area contributed by atoms with Crippen molar-refractivity contribution in [1.29, 1.82) is 0 Å². The minimum absolute atomic E-state index is 0.100. The lowest BCUT2D eigenvalue weighted by atomic mass is 10.1. The molecule has 6 heteroatoms. The van der Waals surface area contributed by atoms with E-state index in [0.717, 1.165) is 23.6 Å². The van der Waals surface area contributed by atoms with Gasteiger partial charge < -0.3 is 4.74 Å². The summed E-state index contributed by atoms with van der Waals surface area (Å²) in [5.74, 6) is 1.40. The van der Waals surface area contributed by atoms with Gasteiger partial charge in [0.25, 0.3) is 0 Å². The summed E-state index contributed by atoms with van der Waals surface area (Å²) >= 11 is 7.51. The van der Waals surface area contributed by atoms with Crippen LogP contribution in [0, 0.1) is 12.3 Å². The van der Waals surface area contributed by atoms with Crippen LogP contribution >= 0.6 is 23.4 Å². The van der Waals surface area contributed by atoms with Gasteiger partial charge in [-0.05, 0) is 25.2 Å². The minimum atomic E-state index is -0.134. The number of methoxy groups -OCH3 is 1. The van der Waals surface area contributed by atoms with Crippen molar-refractivity contribution < 1.29 is 9.53 Å². The van der Waals surface area contributed by atoms with Crippen molar-refractivity contribution in [3.05, 3.63) is 17.0 Å². The molecular formula is C12H15ClN2O2S. The zero-order valence-corrected chi connectivity index (χ0v) is 12.0. The van der Waals surface area contributed by atoms with Crippen LogP contribution in [0.3, 0.4) is 0 Å². The molecule has 0 unspecified atom stereocenters. The summed E-state index contributed by atoms with van der Waals surface area (Å²) in [7, 11) is 1.43. The maximum Gasteiger partial charge on any atom is 0.306 e. The smallest absolute Gasteiger partial charge is 0.306 e. The number of hydrogen-bond acceptors (Lipinski definition) is 5. The van der Waals surface area contributed by atoms with Crippen LogP contribution in [0.1, 0.15) is 25.1 Å². The molecule has 1 aliphatic carbocycles. The van der Waals surface area contributed by atoms with Crippen molar-refractivity contribution in [2.24, 2.45) is 5.41 Å². The standard InChI is InChI=1S/C12H15ClN2O2S/c1-8-14-9(13)5-10(15-8)18-7-12(3-4-12)6-11(16)17-2/h5H,3-4,6-7H2,1-2H3. The van der Waals surface area contributed by atoms with Crippen molar-refractivity contribution in [2.75, 3.05) is 12.9 Å². The maximum absolute atomic E-state index is 11.3. The normalized spacial score (nSPS) is 16.4. The number of aromatic nitrogens is 2. The van der Waals surface area contributed by atoms with Crippen molar-refractivity contribution in [3.63, 3.8) is 0 Å². The van der Waals surface area contributed by atoms with Gasteiger partial charge in [-0.2, -0.15) is 0 Å². The fourth-order valence-corrected chi connectivity index (χ4v) is 3.26. The van der Waals surface area contributed by atoms with Crippen LogP contribution in [0.15, 0.2) is 11.1 Å². The van der Waals surface area contributed by atoms with Crippen LogP contribution in [0.2, 0.25) is 5.15 Å². The van der Waals surface area contributed by atoms with Gasteiger partial charge in [-0.1, -0.05) is 11.6 Å². The lowest BCUT2D eigenvalue weighted by Gasteiger charge is -2.12. The van der Waals surface area contributed by atoms with Gasteiger partial charge in [0.2, 0.25) is 0 Å². The molecule has 1 aromatic heterocycles. The summed E-state index contributed by atoms with van der Waals surface area (Å²) in [6.07, 6.45) is 2.65. The molecule has 2 rings (SSSR count). The Morgan fingerprint density at radius 1 is 1.56 bits per heavy atom. The second-order valence-electron chi connectivity index (χ2n) is 4.62. The van der Waals surface area contributed by atoms with E-state index in [2.05, 4.69) is 9.97 Å². The van der Waals surface area contributed by atoms with E-state index in [1.54, 1.807) is 17.8 Å². The van der Waals surface area contributed by atoms with E-state index in [1.807, 2.05) is 6.92 Å². The van der Waals surface area contributed by atoms with Gasteiger partial charge in [0.1, 0.15) is 16.0 Å². The third kappa shape index (κ3) is 3.59. The average molecular weight is 287 g/mol. The Kier molecular flexibility index (Phi) is 4.12. The third-order valence-corrected chi connectivity index (χ3v) is 4.47. The van der Waals surface area contributed by atoms with Crippen LogP contribution in [-0.2, 0) is 9.53 Å². The topological polar surface area (TPSA) is 52.1 Å². The third-order valence-electron chi connectivity index (χ3n) is 3.01. The van der Waals surface area contributed by atoms with Gasteiger partial charge >= 0.3 is 5.97 Å². The molecule has 1 aromatic rings. The minimum Gasteiger partial charge on any atom is -0.469 e. The summed E-state index contributed by atoms with van der Waals surface area (Å²) in [6, 6.07) is 1.76. The first-order chi connectivity index (χ1) is 8.53. The number of thioether (sulfide) groups is 1. The molecule has 0 amide bonds. The number of carbonyl (C=O) groups is 1. The lowest BCUT2D eigenvalue weighted by molar-refractivity contribution is -0.141. The van der Waals surface area contributed by atoms with Gasteiger partial charge in [0, 0.05) is 11.8 Å². The number of halogens is 1. The highest BCUT2D eigenvalue weighted by atomic mass is 35.5. The van der Waals surface area contributed by atoms with Crippen molar-refractivity contribution in [1.82, 2.24) is 9.97 Å². The number of esters is 1. The molecule has 0 aromatic carbocycles. The number of nitrogens with zero attached hydrogens (tertiary/aromatic N) is 2. The molecule has 1 saturated carbocycles. The van der Waals surface area contributed by atoms with E-state index in [-0.39, 0.29) is 11.4 Å². The van der Waals surface area contributed by atoms with Crippen LogP contribution < -0.4 is 0 Å². The van der Waals surface area contributed by atoms with E-state index in [9.17, 15) is 4.79 Å². The Bertz CT molecular complexity index is 443. The van der Waals surface area contributed by atoms with Gasteiger partial charge in [0.05, 0.1) is 13.5 Å². The number of rotatable bonds is 5. The molecule has 0 bridgehead atoms. The number of aryl methyl sites for hydroxylation is 1. The monoisotopic (exact) mass is 286 g/mol. The highest BCUT2D eigenvalue weighted by molar-refractivity contribution is 7.99. The lowest BCUT2D eigenvalue weighted by Crippen LogP contribution is -2.13. The second-order valence-corrected chi connectivity index (χ2v) is 6.00. The summed E-state index contributed by atoms with van der Waals surface area (Å²) in [4.78, 5) is 19.6. The Morgan fingerprint density at radius 2 is 2.28 bits per heavy atom. The molecule has 18 heavy (non-hydrogen) atoms. The van der Waals surface area contributed by atoms with Crippen molar-refractivity contribution in [3.8, 4) is 0 Å². The van der Waals surface area contributed by atoms with E-state index in [1.165, 1.54) is 7.11 Å². The number of carbonyl (C=O) groups excluding carboxylic acids is 1. The molecule has 0 N–H and O–H groups in total. The Balaban J connectivity index is 1.93. The summed E-state index contributed by atoms with van der Waals surface area (Å²) < 4.78 is 4.72. The SMILES string of the molecule is COC(=O)CC1(CSc2cc(Cl)nc(C)n2)CC1. The van der Waals surface area contributed by atoms with Gasteiger partial charge in [0.15, 0.2) is 0 Å². The fourth-order valence-electron chi connectivity index (χ4n) is 1.73. The van der Waals surface area contributed by atoms with Crippen molar-refractivity contribution in [2.45, 2.75) is 31.2 Å². The van der Waals surface area contributed by atoms with E-state index in [0.29, 0.717) is 17.4 Å². The molecule has 0 aliphatic heterocycles. The first-order valence-electron chi connectivity index (χ1n) is 5.74. The number of ether oxygens (including phenoxy) is 1. The molecule has 0 saturated heterocycles. The Hall–Kier alpha value is -0.810. The number of hydrogen-bond donors (Lipinski definition) is 0. The molecular weight excluding hydrogens is 272 g/mol. The summed E-state index contributed by atoms with van der Waals surface area (Å²) in [6.45, 7) is 1.82. The van der Waals surface area contributed by atoms with Gasteiger partial charge in [-0.25, -0.2) is 9.97 Å². The highest BCUT2D eigenvalue weighted by Gasteiger charge is 2.44. The van der Waals surface area contributed by atoms with Crippen LogP contribution in [0.25, 0.3) is 0 Å². The zero-order valence-electron chi connectivity index (χ0n) is 10.4. The Labute approximate surface area is 115 Å². The first kappa shape index (κ1) is 13.6. The van der Waals surface area contributed by atoms with Crippen LogP contribution in [0.5, 0.6) is 0 Å². The predicted molar refractivity (Wildman–Crippen MR) is 70.8 cm³/mol. The molecule has 0 spiro atoms. The van der Waals surface area contributed by atoms with E-state index >= 15 is 0 Å². The van der Waals surface area contributed by atoms with Crippen LogP contribution in [0.4, 0.5) is 0 Å². The van der Waals surface area contributed by atoms with Crippen molar-refractivity contribution >= 4 is 29.3 Å². The van der Waals surface area contributed by atoms with Crippen LogP contribution in [-0.4, -0.2) is 28.8 Å². The summed E-state index contributed by atoms with van der Waals surface area (Å²) in [5.41, 5.74) is 0.100. The molecule has 4 nitrogen and oxygen atoms in total. The molecule has 0 radical (unpaired) electrons. The Morgan fingerprint density at radius 3 is 2.83 bits per heavy atom. The van der Waals surface area contributed by atoms with E-state index < -0.39 is 0 Å². The van der Waals surface area contributed by atoms with Gasteiger partial charge in [-0.3, -0.25) is 4.79 Å². The second kappa shape index (κ2) is 5.45. The predicted octanol–water partition coefficient (Wildman–Crippen LogP) is 2.87. The fraction of sp³-hybridized carbons (Fsp3) is 0.583. The molecule has 1 heterocycles. The summed E-state index contributed by atoms with van der Waals surface area (Å²) in [5, 5.41) is 1.33. The van der Waals surface area contributed by atoms with E-state index in [4.69, 9.17) is 16.3 Å². The zero-order chi connectivity index (χ0) is 13.2. The van der Waals surface area contributed by atoms with Gasteiger partial charge in [-0.15, -0.1) is 11.8 Å². The largest absolute Gasteiger partial charge is 0.469 e. The highest BCUT2D eigenvalue weighted by Crippen LogP contribution is 2.52. The molecule has 0 atom stereocenters. The molecule has 1 aliphatic rings.